The predicted molar refractivity (Wildman–Crippen MR) is 60.7 cm³/mol. The molecule has 76 valence electrons. The highest BCUT2D eigenvalue weighted by atomic mass is 16.5. The van der Waals surface area contributed by atoms with Gasteiger partial charge in [0.15, 0.2) is 0 Å². The number of allylic oxidation sites excluding steroid dienone is 1. The van der Waals surface area contributed by atoms with Gasteiger partial charge in [-0.25, -0.2) is 0 Å². The molecule has 0 saturated heterocycles. The van der Waals surface area contributed by atoms with Gasteiger partial charge in [-0.05, 0) is 38.0 Å². The third-order valence-corrected chi connectivity index (χ3v) is 2.04. The summed E-state index contributed by atoms with van der Waals surface area (Å²) in [7, 11) is 0. The fourth-order valence-corrected chi connectivity index (χ4v) is 1.24. The van der Waals surface area contributed by atoms with E-state index < -0.39 is 0 Å². The van der Waals surface area contributed by atoms with Crippen molar-refractivity contribution in [2.75, 3.05) is 6.61 Å². The molecule has 1 aromatic rings. The summed E-state index contributed by atoms with van der Waals surface area (Å²) in [6.45, 7) is 7.00. The molecule has 0 heterocycles. The van der Waals surface area contributed by atoms with Crippen molar-refractivity contribution in [3.63, 3.8) is 0 Å². The van der Waals surface area contributed by atoms with Crippen molar-refractivity contribution in [2.24, 2.45) is 0 Å². The van der Waals surface area contributed by atoms with Gasteiger partial charge in [0, 0.05) is 0 Å². The summed E-state index contributed by atoms with van der Waals surface area (Å²) in [4.78, 5) is 0. The molecule has 0 bridgehead atoms. The van der Waals surface area contributed by atoms with E-state index in [0.717, 1.165) is 12.2 Å². The van der Waals surface area contributed by atoms with E-state index >= 15 is 0 Å². The quantitative estimate of drug-likeness (QED) is 0.657. The van der Waals surface area contributed by atoms with Crippen molar-refractivity contribution in [2.45, 2.75) is 27.2 Å². The maximum Gasteiger partial charge on any atom is 0.119 e. The Hall–Kier alpha value is -1.24. The van der Waals surface area contributed by atoms with Gasteiger partial charge in [-0.1, -0.05) is 30.7 Å². The van der Waals surface area contributed by atoms with Crippen LogP contribution in [0.1, 0.15) is 25.8 Å². The maximum absolute atomic E-state index is 5.61. The van der Waals surface area contributed by atoms with Crippen LogP contribution in [0.2, 0.25) is 0 Å². The summed E-state index contributed by atoms with van der Waals surface area (Å²) in [6.07, 6.45) is 3.26. The number of hydrogen-bond acceptors (Lipinski definition) is 1. The molecule has 0 amide bonds. The van der Waals surface area contributed by atoms with E-state index in [-0.39, 0.29) is 0 Å². The Kier molecular flexibility index (Phi) is 4.24. The second-order valence-electron chi connectivity index (χ2n) is 3.56. The molecule has 0 radical (unpaired) electrons. The largest absolute Gasteiger partial charge is 0.489 e. The second kappa shape index (κ2) is 5.48. The van der Waals surface area contributed by atoms with Gasteiger partial charge in [0.05, 0.1) is 0 Å². The van der Waals surface area contributed by atoms with Crippen LogP contribution < -0.4 is 4.74 Å². The number of benzene rings is 1. The summed E-state index contributed by atoms with van der Waals surface area (Å²) in [6, 6.07) is 8.14. The summed E-state index contributed by atoms with van der Waals surface area (Å²) in [5.41, 5.74) is 2.55. The third-order valence-electron chi connectivity index (χ3n) is 2.04. The summed E-state index contributed by atoms with van der Waals surface area (Å²) in [5.74, 6) is 0.944. The Morgan fingerprint density at radius 1 is 1.29 bits per heavy atom. The second-order valence-corrected chi connectivity index (χ2v) is 3.56. The molecular weight excluding hydrogens is 172 g/mol. The number of ether oxygens (including phenoxy) is 1. The van der Waals surface area contributed by atoms with Crippen LogP contribution in [0, 0.1) is 6.92 Å². The maximum atomic E-state index is 5.61. The Bertz CT molecular complexity index is 296. The van der Waals surface area contributed by atoms with Crippen LogP contribution in [0.4, 0.5) is 0 Å². The number of hydrogen-bond donors (Lipinski definition) is 0. The molecule has 0 N–H and O–H groups in total. The Morgan fingerprint density at radius 3 is 2.50 bits per heavy atom. The molecule has 1 aromatic carbocycles. The Labute approximate surface area is 86.4 Å². The highest BCUT2D eigenvalue weighted by molar-refractivity contribution is 5.26. The molecular formula is C13H18O. The van der Waals surface area contributed by atoms with Crippen LogP contribution in [-0.2, 0) is 0 Å². The van der Waals surface area contributed by atoms with E-state index in [9.17, 15) is 0 Å². The standard InChI is InChI=1S/C13H18O/c1-4-5-12(3)10-14-13-8-6-11(2)7-9-13/h5-9H,4,10H2,1-3H3/b12-5-. The molecule has 0 unspecified atom stereocenters. The SMILES string of the molecule is CC/C=C(/C)COc1ccc(C)cc1. The normalized spacial score (nSPS) is 11.5. The average Bonchev–Trinajstić information content (AvgIpc) is 2.17. The lowest BCUT2D eigenvalue weighted by atomic mass is 10.2. The zero-order valence-electron chi connectivity index (χ0n) is 9.21. The van der Waals surface area contributed by atoms with Gasteiger partial charge >= 0.3 is 0 Å². The zero-order chi connectivity index (χ0) is 10.4. The zero-order valence-corrected chi connectivity index (χ0v) is 9.21. The first-order valence-electron chi connectivity index (χ1n) is 5.07. The predicted octanol–water partition coefficient (Wildman–Crippen LogP) is 3.73. The first kappa shape index (κ1) is 10.8. The third kappa shape index (κ3) is 3.65. The Morgan fingerprint density at radius 2 is 1.93 bits per heavy atom. The summed E-state index contributed by atoms with van der Waals surface area (Å²) >= 11 is 0. The van der Waals surface area contributed by atoms with E-state index in [1.165, 1.54) is 11.1 Å². The summed E-state index contributed by atoms with van der Waals surface area (Å²) < 4.78 is 5.61. The van der Waals surface area contributed by atoms with Gasteiger partial charge in [0.25, 0.3) is 0 Å². The fraction of sp³-hybridized carbons (Fsp3) is 0.385. The minimum Gasteiger partial charge on any atom is -0.489 e. The van der Waals surface area contributed by atoms with E-state index in [0.29, 0.717) is 6.61 Å². The summed E-state index contributed by atoms with van der Waals surface area (Å²) in [5, 5.41) is 0. The molecule has 0 spiro atoms. The van der Waals surface area contributed by atoms with E-state index in [4.69, 9.17) is 4.74 Å². The molecule has 0 aliphatic rings. The molecule has 0 aliphatic heterocycles. The smallest absolute Gasteiger partial charge is 0.119 e. The average molecular weight is 190 g/mol. The highest BCUT2D eigenvalue weighted by Crippen LogP contribution is 2.12. The van der Waals surface area contributed by atoms with Crippen molar-refractivity contribution in [1.29, 1.82) is 0 Å². The Balaban J connectivity index is 2.46. The van der Waals surface area contributed by atoms with Gasteiger partial charge < -0.3 is 4.74 Å². The fourth-order valence-electron chi connectivity index (χ4n) is 1.24. The van der Waals surface area contributed by atoms with Gasteiger partial charge in [0.2, 0.25) is 0 Å². The van der Waals surface area contributed by atoms with Crippen molar-refractivity contribution < 1.29 is 4.74 Å². The molecule has 0 aliphatic carbocycles. The van der Waals surface area contributed by atoms with Gasteiger partial charge in [-0.15, -0.1) is 0 Å². The van der Waals surface area contributed by atoms with Crippen molar-refractivity contribution in [1.82, 2.24) is 0 Å². The molecule has 1 heteroatoms. The molecule has 0 saturated carbocycles. The molecule has 1 nitrogen and oxygen atoms in total. The van der Waals surface area contributed by atoms with Crippen LogP contribution in [0.15, 0.2) is 35.9 Å². The van der Waals surface area contributed by atoms with Crippen molar-refractivity contribution >= 4 is 0 Å². The first-order valence-corrected chi connectivity index (χ1v) is 5.07. The van der Waals surface area contributed by atoms with Crippen molar-refractivity contribution in [3.05, 3.63) is 41.5 Å². The van der Waals surface area contributed by atoms with Gasteiger partial charge in [0.1, 0.15) is 12.4 Å². The van der Waals surface area contributed by atoms with Crippen LogP contribution in [-0.4, -0.2) is 6.61 Å². The molecule has 0 atom stereocenters. The topological polar surface area (TPSA) is 9.23 Å². The lowest BCUT2D eigenvalue weighted by Crippen LogP contribution is -1.98. The molecule has 1 rings (SSSR count). The first-order chi connectivity index (χ1) is 6.72. The van der Waals surface area contributed by atoms with E-state index in [1.54, 1.807) is 0 Å². The van der Waals surface area contributed by atoms with Gasteiger partial charge in [-0.2, -0.15) is 0 Å². The number of rotatable bonds is 4. The van der Waals surface area contributed by atoms with Crippen LogP contribution >= 0.6 is 0 Å². The van der Waals surface area contributed by atoms with Crippen LogP contribution in [0.5, 0.6) is 5.75 Å². The molecule has 0 aromatic heterocycles. The number of aryl methyl sites for hydroxylation is 1. The van der Waals surface area contributed by atoms with Crippen LogP contribution in [0.25, 0.3) is 0 Å². The minimum atomic E-state index is 0.691. The minimum absolute atomic E-state index is 0.691. The van der Waals surface area contributed by atoms with E-state index in [2.05, 4.69) is 39.0 Å². The highest BCUT2D eigenvalue weighted by Gasteiger charge is 1.93. The monoisotopic (exact) mass is 190 g/mol. The van der Waals surface area contributed by atoms with Crippen LogP contribution in [0.3, 0.4) is 0 Å². The van der Waals surface area contributed by atoms with E-state index in [1.807, 2.05) is 12.1 Å². The van der Waals surface area contributed by atoms with Crippen molar-refractivity contribution in [3.8, 4) is 5.75 Å². The lowest BCUT2D eigenvalue weighted by Gasteiger charge is -2.06. The van der Waals surface area contributed by atoms with Gasteiger partial charge in [-0.3, -0.25) is 0 Å². The lowest BCUT2D eigenvalue weighted by molar-refractivity contribution is 0.351. The molecule has 14 heavy (non-hydrogen) atoms. The molecule has 0 fully saturated rings.